The molecule has 0 heterocycles. The topological polar surface area (TPSA) is 35.2 Å². The third kappa shape index (κ3) is 3.00. The van der Waals surface area contributed by atoms with Crippen molar-refractivity contribution in [2.75, 3.05) is 13.7 Å². The largest absolute Gasteiger partial charge is 0.385 e. The number of benzene rings is 1. The Kier molecular flexibility index (Phi) is 4.83. The van der Waals surface area contributed by atoms with E-state index in [0.717, 1.165) is 0 Å². The second-order valence-corrected chi connectivity index (χ2v) is 3.83. The third-order valence-corrected chi connectivity index (χ3v) is 2.55. The van der Waals surface area contributed by atoms with Crippen LogP contribution in [0.25, 0.3) is 0 Å². The molecule has 0 bridgehead atoms. The molecule has 1 aromatic carbocycles. The van der Waals surface area contributed by atoms with Gasteiger partial charge in [-0.25, -0.2) is 8.78 Å². The maximum Gasteiger partial charge on any atom is 0.133 e. The maximum absolute atomic E-state index is 13.7. The zero-order valence-electron chi connectivity index (χ0n) is 9.59. The molecule has 0 aliphatic carbocycles. The van der Waals surface area contributed by atoms with Gasteiger partial charge in [0.2, 0.25) is 0 Å². The van der Waals surface area contributed by atoms with Gasteiger partial charge in [0.15, 0.2) is 0 Å². The average molecular weight is 229 g/mol. The van der Waals surface area contributed by atoms with E-state index in [1.807, 2.05) is 0 Å². The van der Waals surface area contributed by atoms with E-state index in [2.05, 4.69) is 0 Å². The number of nitrogens with two attached hydrogens (primary N) is 1. The fourth-order valence-corrected chi connectivity index (χ4v) is 1.61. The smallest absolute Gasteiger partial charge is 0.133 e. The molecule has 0 saturated heterocycles. The average Bonchev–Trinajstić information content (AvgIpc) is 2.24. The second-order valence-electron chi connectivity index (χ2n) is 3.83. The van der Waals surface area contributed by atoms with Gasteiger partial charge in [0.25, 0.3) is 0 Å². The molecular formula is C12H17F2NO. The van der Waals surface area contributed by atoms with Crippen molar-refractivity contribution in [1.82, 2.24) is 0 Å². The molecule has 2 N–H and O–H groups in total. The lowest BCUT2D eigenvalue weighted by atomic mass is 9.99. The van der Waals surface area contributed by atoms with Gasteiger partial charge in [-0.3, -0.25) is 0 Å². The lowest BCUT2D eigenvalue weighted by Crippen LogP contribution is -2.15. The molecule has 1 aromatic rings. The van der Waals surface area contributed by atoms with Crippen molar-refractivity contribution in [2.45, 2.75) is 25.8 Å². The summed E-state index contributed by atoms with van der Waals surface area (Å²) in [5.74, 6) is -1.11. The van der Waals surface area contributed by atoms with Gasteiger partial charge >= 0.3 is 0 Å². The quantitative estimate of drug-likeness (QED) is 0.788. The Balaban J connectivity index is 2.81. The van der Waals surface area contributed by atoms with Crippen LogP contribution in [-0.2, 0) is 4.74 Å². The molecule has 0 radical (unpaired) electrons. The zero-order chi connectivity index (χ0) is 12.1. The Bertz CT molecular complexity index is 355. The second kappa shape index (κ2) is 5.92. The summed E-state index contributed by atoms with van der Waals surface area (Å²) in [6.07, 6.45) is 1.19. The summed E-state index contributed by atoms with van der Waals surface area (Å²) in [6.45, 7) is 2.14. The fourth-order valence-electron chi connectivity index (χ4n) is 1.61. The Morgan fingerprint density at radius 1 is 1.38 bits per heavy atom. The highest BCUT2D eigenvalue weighted by molar-refractivity contribution is 5.28. The molecule has 0 fully saturated rings. The van der Waals surface area contributed by atoms with Crippen molar-refractivity contribution in [3.8, 4) is 0 Å². The van der Waals surface area contributed by atoms with Gasteiger partial charge in [0.05, 0.1) is 0 Å². The first-order valence-electron chi connectivity index (χ1n) is 5.27. The number of ether oxygens (including phenoxy) is 1. The number of rotatable bonds is 5. The first-order chi connectivity index (χ1) is 7.57. The number of halogens is 2. The van der Waals surface area contributed by atoms with Crippen LogP contribution in [0.1, 0.15) is 30.0 Å². The number of hydrogen-bond acceptors (Lipinski definition) is 2. The summed E-state index contributed by atoms with van der Waals surface area (Å²) in [6, 6.07) is 2.05. The van der Waals surface area contributed by atoms with Crippen LogP contribution in [0.5, 0.6) is 0 Å². The molecule has 16 heavy (non-hydrogen) atoms. The van der Waals surface area contributed by atoms with E-state index in [-0.39, 0.29) is 5.56 Å². The standard InChI is InChI=1S/C12H17F2NO/c1-8-5-6-9(13)11(12(8)14)10(15)4-3-7-16-2/h5-6,10H,3-4,7,15H2,1-2H3. The van der Waals surface area contributed by atoms with Gasteiger partial charge in [-0.1, -0.05) is 6.07 Å². The normalized spacial score (nSPS) is 12.8. The van der Waals surface area contributed by atoms with E-state index >= 15 is 0 Å². The first kappa shape index (κ1) is 13.1. The molecular weight excluding hydrogens is 212 g/mol. The molecule has 0 amide bonds. The summed E-state index contributed by atoms with van der Waals surface area (Å²) >= 11 is 0. The Morgan fingerprint density at radius 3 is 2.69 bits per heavy atom. The van der Waals surface area contributed by atoms with Crippen LogP contribution in [-0.4, -0.2) is 13.7 Å². The minimum Gasteiger partial charge on any atom is -0.385 e. The van der Waals surface area contributed by atoms with Crippen molar-refractivity contribution in [3.05, 3.63) is 34.9 Å². The van der Waals surface area contributed by atoms with E-state index in [0.29, 0.717) is 25.0 Å². The van der Waals surface area contributed by atoms with Gasteiger partial charge < -0.3 is 10.5 Å². The molecule has 0 spiro atoms. The summed E-state index contributed by atoms with van der Waals surface area (Å²) in [7, 11) is 1.58. The molecule has 1 atom stereocenters. The Labute approximate surface area is 94.4 Å². The van der Waals surface area contributed by atoms with E-state index in [1.165, 1.54) is 12.1 Å². The van der Waals surface area contributed by atoms with Crippen LogP contribution in [0.2, 0.25) is 0 Å². The van der Waals surface area contributed by atoms with Crippen LogP contribution >= 0.6 is 0 Å². The predicted molar refractivity (Wildman–Crippen MR) is 59.1 cm³/mol. The van der Waals surface area contributed by atoms with Gasteiger partial charge in [-0.2, -0.15) is 0 Å². The highest BCUT2D eigenvalue weighted by Gasteiger charge is 2.17. The predicted octanol–water partition coefficient (Wildman–Crippen LogP) is 2.70. The van der Waals surface area contributed by atoms with Gasteiger partial charge in [0.1, 0.15) is 11.6 Å². The van der Waals surface area contributed by atoms with Crippen LogP contribution in [0.15, 0.2) is 12.1 Å². The van der Waals surface area contributed by atoms with Crippen LogP contribution in [0.3, 0.4) is 0 Å². The van der Waals surface area contributed by atoms with Crippen molar-refractivity contribution in [1.29, 1.82) is 0 Å². The monoisotopic (exact) mass is 229 g/mol. The Hall–Kier alpha value is -1.00. The van der Waals surface area contributed by atoms with Gasteiger partial charge in [0, 0.05) is 25.3 Å². The minimum absolute atomic E-state index is 0.0175. The summed E-state index contributed by atoms with van der Waals surface area (Å²) < 4.78 is 32.0. The SMILES string of the molecule is COCCCC(N)c1c(F)ccc(C)c1F. The minimum atomic E-state index is -0.616. The number of aryl methyl sites for hydroxylation is 1. The molecule has 4 heteroatoms. The summed E-state index contributed by atoms with van der Waals surface area (Å²) in [5, 5.41) is 0. The van der Waals surface area contributed by atoms with Crippen LogP contribution in [0.4, 0.5) is 8.78 Å². The highest BCUT2D eigenvalue weighted by atomic mass is 19.1. The summed E-state index contributed by atoms with van der Waals surface area (Å²) in [4.78, 5) is 0. The summed E-state index contributed by atoms with van der Waals surface area (Å²) in [5.41, 5.74) is 6.17. The molecule has 1 unspecified atom stereocenters. The van der Waals surface area contributed by atoms with Crippen LogP contribution < -0.4 is 5.73 Å². The maximum atomic E-state index is 13.7. The highest BCUT2D eigenvalue weighted by Crippen LogP contribution is 2.24. The lowest BCUT2D eigenvalue weighted by Gasteiger charge is -2.14. The zero-order valence-corrected chi connectivity index (χ0v) is 9.59. The van der Waals surface area contributed by atoms with Crippen LogP contribution in [0, 0.1) is 18.6 Å². The molecule has 0 aliphatic heterocycles. The molecule has 0 aliphatic rings. The number of hydrogen-bond donors (Lipinski definition) is 1. The Morgan fingerprint density at radius 2 is 2.06 bits per heavy atom. The molecule has 1 rings (SSSR count). The van der Waals surface area contributed by atoms with E-state index in [4.69, 9.17) is 10.5 Å². The molecule has 0 saturated carbocycles. The van der Waals surface area contributed by atoms with Crippen molar-refractivity contribution >= 4 is 0 Å². The third-order valence-electron chi connectivity index (χ3n) is 2.55. The van der Waals surface area contributed by atoms with Crippen molar-refractivity contribution in [3.63, 3.8) is 0 Å². The molecule has 2 nitrogen and oxygen atoms in total. The van der Waals surface area contributed by atoms with Gasteiger partial charge in [-0.05, 0) is 31.4 Å². The van der Waals surface area contributed by atoms with Gasteiger partial charge in [-0.15, -0.1) is 0 Å². The lowest BCUT2D eigenvalue weighted by molar-refractivity contribution is 0.190. The van der Waals surface area contributed by atoms with Crippen molar-refractivity contribution in [2.24, 2.45) is 5.73 Å². The fraction of sp³-hybridized carbons (Fsp3) is 0.500. The van der Waals surface area contributed by atoms with E-state index in [1.54, 1.807) is 14.0 Å². The first-order valence-corrected chi connectivity index (χ1v) is 5.27. The van der Waals surface area contributed by atoms with E-state index < -0.39 is 17.7 Å². The van der Waals surface area contributed by atoms with Crippen molar-refractivity contribution < 1.29 is 13.5 Å². The number of methoxy groups -OCH3 is 1. The van der Waals surface area contributed by atoms with E-state index in [9.17, 15) is 8.78 Å². The molecule has 90 valence electrons. The molecule has 0 aromatic heterocycles.